The van der Waals surface area contributed by atoms with Crippen LogP contribution in [0.3, 0.4) is 0 Å². The molecule has 2 rings (SSSR count). The monoisotopic (exact) mass is 247 g/mol. The molecular formula is C13H14FN3O. The number of rotatable bonds is 5. The van der Waals surface area contributed by atoms with E-state index >= 15 is 0 Å². The summed E-state index contributed by atoms with van der Waals surface area (Å²) >= 11 is 0. The van der Waals surface area contributed by atoms with Gasteiger partial charge in [-0.2, -0.15) is 0 Å². The number of nitrogens with two attached hydrogens (primary N) is 1. The van der Waals surface area contributed by atoms with Gasteiger partial charge < -0.3 is 15.8 Å². The molecule has 0 atom stereocenters. The largest absolute Gasteiger partial charge is 0.492 e. The topological polar surface area (TPSA) is 60.2 Å². The Balaban J connectivity index is 1.78. The number of ether oxygens (including phenoxy) is 1. The SMILES string of the molecule is Nc1cccc(OCCNc2ncccc2F)c1. The fourth-order valence-electron chi connectivity index (χ4n) is 1.46. The number of nitrogens with zero attached hydrogens (tertiary/aromatic N) is 1. The summed E-state index contributed by atoms with van der Waals surface area (Å²) in [6.07, 6.45) is 1.53. The Morgan fingerprint density at radius 3 is 2.94 bits per heavy atom. The van der Waals surface area contributed by atoms with Crippen molar-refractivity contribution in [2.75, 3.05) is 24.2 Å². The molecule has 0 bridgehead atoms. The van der Waals surface area contributed by atoms with Crippen LogP contribution in [0.25, 0.3) is 0 Å². The lowest BCUT2D eigenvalue weighted by molar-refractivity contribution is 0.332. The van der Waals surface area contributed by atoms with Crippen molar-refractivity contribution in [1.29, 1.82) is 0 Å². The van der Waals surface area contributed by atoms with Crippen molar-refractivity contribution in [2.24, 2.45) is 0 Å². The first kappa shape index (κ1) is 12.2. The molecule has 3 N–H and O–H groups in total. The highest BCUT2D eigenvalue weighted by molar-refractivity contribution is 5.43. The second-order valence-corrected chi connectivity index (χ2v) is 3.68. The lowest BCUT2D eigenvalue weighted by Gasteiger charge is -2.08. The summed E-state index contributed by atoms with van der Waals surface area (Å²) in [5.41, 5.74) is 6.27. The first-order chi connectivity index (χ1) is 8.75. The number of anilines is 2. The second-order valence-electron chi connectivity index (χ2n) is 3.68. The fourth-order valence-corrected chi connectivity index (χ4v) is 1.46. The summed E-state index contributed by atoms with van der Waals surface area (Å²) in [6, 6.07) is 10.1. The molecule has 2 aromatic rings. The van der Waals surface area contributed by atoms with Gasteiger partial charge in [0.2, 0.25) is 0 Å². The highest BCUT2D eigenvalue weighted by atomic mass is 19.1. The molecule has 1 aromatic heterocycles. The molecule has 0 saturated heterocycles. The first-order valence-corrected chi connectivity index (χ1v) is 5.58. The molecule has 0 aliphatic rings. The predicted molar refractivity (Wildman–Crippen MR) is 69.0 cm³/mol. The molecule has 0 fully saturated rings. The lowest BCUT2D eigenvalue weighted by Crippen LogP contribution is -2.13. The molecule has 5 heteroatoms. The van der Waals surface area contributed by atoms with Crippen LogP contribution in [0.5, 0.6) is 5.75 Å². The lowest BCUT2D eigenvalue weighted by atomic mass is 10.3. The van der Waals surface area contributed by atoms with Gasteiger partial charge in [-0.3, -0.25) is 0 Å². The average Bonchev–Trinajstić information content (AvgIpc) is 2.37. The number of halogens is 1. The summed E-state index contributed by atoms with van der Waals surface area (Å²) in [7, 11) is 0. The van der Waals surface area contributed by atoms with Crippen molar-refractivity contribution >= 4 is 11.5 Å². The van der Waals surface area contributed by atoms with Crippen LogP contribution < -0.4 is 15.8 Å². The fraction of sp³-hybridized carbons (Fsp3) is 0.154. The third-order valence-corrected chi connectivity index (χ3v) is 2.28. The van der Waals surface area contributed by atoms with Crippen LogP contribution in [0.4, 0.5) is 15.9 Å². The van der Waals surface area contributed by atoms with Crippen LogP contribution in [0.15, 0.2) is 42.6 Å². The number of nitrogens with one attached hydrogen (secondary N) is 1. The van der Waals surface area contributed by atoms with Gasteiger partial charge >= 0.3 is 0 Å². The molecule has 4 nitrogen and oxygen atoms in total. The molecule has 0 unspecified atom stereocenters. The Morgan fingerprint density at radius 1 is 1.28 bits per heavy atom. The van der Waals surface area contributed by atoms with Crippen molar-refractivity contribution in [3.8, 4) is 5.75 Å². The van der Waals surface area contributed by atoms with Gasteiger partial charge in [-0.05, 0) is 24.3 Å². The summed E-state index contributed by atoms with van der Waals surface area (Å²) < 4.78 is 18.7. The van der Waals surface area contributed by atoms with Crippen molar-refractivity contribution < 1.29 is 9.13 Å². The number of aromatic nitrogens is 1. The van der Waals surface area contributed by atoms with Gasteiger partial charge in [-0.15, -0.1) is 0 Å². The van der Waals surface area contributed by atoms with E-state index in [0.29, 0.717) is 24.6 Å². The van der Waals surface area contributed by atoms with E-state index in [4.69, 9.17) is 10.5 Å². The zero-order valence-corrected chi connectivity index (χ0v) is 9.77. The van der Waals surface area contributed by atoms with Crippen molar-refractivity contribution in [1.82, 2.24) is 4.98 Å². The standard InChI is InChI=1S/C13H14FN3O/c14-12-5-2-6-16-13(12)17-7-8-18-11-4-1-3-10(15)9-11/h1-6,9H,7-8,15H2,(H,16,17). The highest BCUT2D eigenvalue weighted by Gasteiger charge is 2.00. The van der Waals surface area contributed by atoms with Gasteiger partial charge in [-0.1, -0.05) is 6.07 Å². The van der Waals surface area contributed by atoms with Gasteiger partial charge in [0, 0.05) is 18.0 Å². The molecule has 0 radical (unpaired) electrons. The highest BCUT2D eigenvalue weighted by Crippen LogP contribution is 2.14. The third-order valence-electron chi connectivity index (χ3n) is 2.28. The zero-order chi connectivity index (χ0) is 12.8. The minimum atomic E-state index is -0.374. The van der Waals surface area contributed by atoms with Crippen molar-refractivity contribution in [3.63, 3.8) is 0 Å². The van der Waals surface area contributed by atoms with Crippen LogP contribution in [0.2, 0.25) is 0 Å². The van der Waals surface area contributed by atoms with E-state index in [-0.39, 0.29) is 11.6 Å². The van der Waals surface area contributed by atoms with E-state index in [0.717, 1.165) is 0 Å². The Bertz CT molecular complexity index is 519. The van der Waals surface area contributed by atoms with Gasteiger partial charge in [0.05, 0.1) is 6.54 Å². The molecule has 0 aliphatic heterocycles. The maximum absolute atomic E-state index is 13.2. The van der Waals surface area contributed by atoms with E-state index in [1.807, 2.05) is 12.1 Å². The maximum atomic E-state index is 13.2. The number of hydrogen-bond donors (Lipinski definition) is 2. The van der Waals surface area contributed by atoms with E-state index in [1.165, 1.54) is 12.3 Å². The molecule has 94 valence electrons. The molecule has 1 aromatic carbocycles. The predicted octanol–water partition coefficient (Wildman–Crippen LogP) is 2.29. The van der Waals surface area contributed by atoms with Crippen LogP contribution in [-0.4, -0.2) is 18.1 Å². The molecule has 0 aliphatic carbocycles. The summed E-state index contributed by atoms with van der Waals surface area (Å²) in [5.74, 6) is 0.549. The Kier molecular flexibility index (Phi) is 3.96. The van der Waals surface area contributed by atoms with Gasteiger partial charge in [0.15, 0.2) is 11.6 Å². The van der Waals surface area contributed by atoms with Gasteiger partial charge in [-0.25, -0.2) is 9.37 Å². The van der Waals surface area contributed by atoms with Crippen LogP contribution in [0, 0.1) is 5.82 Å². The molecule has 0 spiro atoms. The minimum Gasteiger partial charge on any atom is -0.492 e. The number of pyridine rings is 1. The van der Waals surface area contributed by atoms with Crippen LogP contribution in [0.1, 0.15) is 0 Å². The number of benzene rings is 1. The quantitative estimate of drug-likeness (QED) is 0.628. The van der Waals surface area contributed by atoms with E-state index in [9.17, 15) is 4.39 Å². The third kappa shape index (κ3) is 3.35. The van der Waals surface area contributed by atoms with Crippen LogP contribution >= 0.6 is 0 Å². The van der Waals surface area contributed by atoms with E-state index in [2.05, 4.69) is 10.3 Å². The number of nitrogen functional groups attached to an aromatic ring is 1. The van der Waals surface area contributed by atoms with Crippen LogP contribution in [-0.2, 0) is 0 Å². The van der Waals surface area contributed by atoms with Gasteiger partial charge in [0.1, 0.15) is 12.4 Å². The van der Waals surface area contributed by atoms with Gasteiger partial charge in [0.25, 0.3) is 0 Å². The zero-order valence-electron chi connectivity index (χ0n) is 9.77. The maximum Gasteiger partial charge on any atom is 0.165 e. The summed E-state index contributed by atoms with van der Waals surface area (Å²) in [5, 5.41) is 2.86. The minimum absolute atomic E-state index is 0.230. The number of hydrogen-bond acceptors (Lipinski definition) is 4. The molecule has 0 saturated carbocycles. The van der Waals surface area contributed by atoms with Crippen molar-refractivity contribution in [3.05, 3.63) is 48.4 Å². The second kappa shape index (κ2) is 5.86. The summed E-state index contributed by atoms with van der Waals surface area (Å²) in [4.78, 5) is 3.88. The Hall–Kier alpha value is -2.30. The van der Waals surface area contributed by atoms with Crippen molar-refractivity contribution in [2.45, 2.75) is 0 Å². The van der Waals surface area contributed by atoms with E-state index in [1.54, 1.807) is 18.2 Å². The normalized spacial score (nSPS) is 10.1. The smallest absolute Gasteiger partial charge is 0.165 e. The molecule has 1 heterocycles. The molecular weight excluding hydrogens is 233 g/mol. The Morgan fingerprint density at radius 2 is 2.17 bits per heavy atom. The Labute approximate surface area is 105 Å². The molecule has 18 heavy (non-hydrogen) atoms. The molecule has 0 amide bonds. The average molecular weight is 247 g/mol. The summed E-state index contributed by atoms with van der Waals surface area (Å²) in [6.45, 7) is 0.863. The van der Waals surface area contributed by atoms with E-state index < -0.39 is 0 Å². The first-order valence-electron chi connectivity index (χ1n) is 5.58.